The Bertz CT molecular complexity index is 704. The van der Waals surface area contributed by atoms with Gasteiger partial charge in [-0.1, -0.05) is 39.7 Å². The van der Waals surface area contributed by atoms with Crippen molar-refractivity contribution in [3.8, 4) is 5.75 Å². The van der Waals surface area contributed by atoms with Crippen LogP contribution in [-0.2, 0) is 4.79 Å². The Labute approximate surface area is 142 Å². The van der Waals surface area contributed by atoms with Crippen LogP contribution in [0.2, 0.25) is 5.02 Å². The molecule has 4 nitrogen and oxygen atoms in total. The summed E-state index contributed by atoms with van der Waals surface area (Å²) in [5, 5.41) is 4.47. The zero-order chi connectivity index (χ0) is 15.9. The molecule has 22 heavy (non-hydrogen) atoms. The van der Waals surface area contributed by atoms with Crippen LogP contribution in [-0.4, -0.2) is 18.7 Å². The summed E-state index contributed by atoms with van der Waals surface area (Å²) in [6, 6.07) is 12.7. The minimum Gasteiger partial charge on any atom is -0.484 e. The number of aryl methyl sites for hydroxylation is 1. The zero-order valence-electron chi connectivity index (χ0n) is 11.8. The van der Waals surface area contributed by atoms with Gasteiger partial charge in [-0.3, -0.25) is 4.79 Å². The van der Waals surface area contributed by atoms with Crippen LogP contribution in [0.15, 0.2) is 52.0 Å². The van der Waals surface area contributed by atoms with Crippen molar-refractivity contribution in [3.63, 3.8) is 0 Å². The standard InChI is InChI=1S/C16H14BrClN2O2/c1-11-7-14(5-6-15(11)17)22-10-16(21)20-19-9-12-3-2-4-13(18)8-12/h2-9H,10H2,1H3,(H,20,21). The van der Waals surface area contributed by atoms with Gasteiger partial charge in [-0.25, -0.2) is 5.43 Å². The van der Waals surface area contributed by atoms with E-state index in [2.05, 4.69) is 26.5 Å². The summed E-state index contributed by atoms with van der Waals surface area (Å²) in [7, 11) is 0. The number of carbonyl (C=O) groups is 1. The molecule has 0 saturated heterocycles. The van der Waals surface area contributed by atoms with Gasteiger partial charge in [0.25, 0.3) is 5.91 Å². The molecule has 0 radical (unpaired) electrons. The number of nitrogens with one attached hydrogen (secondary N) is 1. The molecule has 6 heteroatoms. The van der Waals surface area contributed by atoms with Gasteiger partial charge in [-0.15, -0.1) is 0 Å². The van der Waals surface area contributed by atoms with Gasteiger partial charge in [0.05, 0.1) is 6.21 Å². The molecular weight excluding hydrogens is 368 g/mol. The summed E-state index contributed by atoms with van der Waals surface area (Å²) in [4.78, 5) is 11.6. The van der Waals surface area contributed by atoms with Gasteiger partial charge in [0.2, 0.25) is 0 Å². The number of hydrogen-bond acceptors (Lipinski definition) is 3. The molecule has 0 aliphatic rings. The average molecular weight is 382 g/mol. The fraction of sp³-hybridized carbons (Fsp3) is 0.125. The van der Waals surface area contributed by atoms with Crippen LogP contribution in [0.1, 0.15) is 11.1 Å². The number of nitrogens with zero attached hydrogens (tertiary/aromatic N) is 1. The summed E-state index contributed by atoms with van der Waals surface area (Å²) in [5.41, 5.74) is 4.24. The van der Waals surface area contributed by atoms with E-state index in [0.717, 1.165) is 15.6 Å². The van der Waals surface area contributed by atoms with E-state index in [0.29, 0.717) is 10.8 Å². The first kappa shape index (κ1) is 16.5. The molecule has 0 aliphatic carbocycles. The van der Waals surface area contributed by atoms with Gasteiger partial charge in [-0.2, -0.15) is 5.10 Å². The quantitative estimate of drug-likeness (QED) is 0.630. The predicted octanol–water partition coefficient (Wildman–Crippen LogP) is 3.94. The Balaban J connectivity index is 1.81. The monoisotopic (exact) mass is 380 g/mol. The lowest BCUT2D eigenvalue weighted by Crippen LogP contribution is -2.24. The number of halogens is 2. The maximum Gasteiger partial charge on any atom is 0.277 e. The summed E-state index contributed by atoms with van der Waals surface area (Å²) < 4.78 is 6.39. The molecule has 0 saturated carbocycles. The molecule has 0 bridgehead atoms. The minimum absolute atomic E-state index is 0.103. The second-order valence-electron chi connectivity index (χ2n) is 4.55. The highest BCUT2D eigenvalue weighted by molar-refractivity contribution is 9.10. The molecule has 0 aliphatic heterocycles. The largest absolute Gasteiger partial charge is 0.484 e. The van der Waals surface area contributed by atoms with Crippen molar-refractivity contribution in [1.29, 1.82) is 0 Å². The third-order valence-electron chi connectivity index (χ3n) is 2.75. The van der Waals surface area contributed by atoms with Gasteiger partial charge in [-0.05, 0) is 48.4 Å². The van der Waals surface area contributed by atoms with Gasteiger partial charge in [0.15, 0.2) is 6.61 Å². The van der Waals surface area contributed by atoms with Crippen molar-refractivity contribution in [2.75, 3.05) is 6.61 Å². The highest BCUT2D eigenvalue weighted by atomic mass is 79.9. The van der Waals surface area contributed by atoms with Crippen molar-refractivity contribution in [2.24, 2.45) is 5.10 Å². The van der Waals surface area contributed by atoms with E-state index in [4.69, 9.17) is 16.3 Å². The lowest BCUT2D eigenvalue weighted by atomic mass is 10.2. The summed E-state index contributed by atoms with van der Waals surface area (Å²) >= 11 is 9.26. The number of hydrazone groups is 1. The van der Waals surface area contributed by atoms with Crippen LogP contribution in [0.25, 0.3) is 0 Å². The van der Waals surface area contributed by atoms with Crippen molar-refractivity contribution < 1.29 is 9.53 Å². The Morgan fingerprint density at radius 2 is 2.18 bits per heavy atom. The van der Waals surface area contributed by atoms with E-state index in [1.807, 2.05) is 31.2 Å². The highest BCUT2D eigenvalue weighted by Gasteiger charge is 2.03. The third kappa shape index (κ3) is 5.16. The maximum atomic E-state index is 11.6. The third-order valence-corrected chi connectivity index (χ3v) is 3.88. The molecule has 1 amide bonds. The molecule has 0 fully saturated rings. The molecule has 0 heterocycles. The highest BCUT2D eigenvalue weighted by Crippen LogP contribution is 2.21. The summed E-state index contributed by atoms with van der Waals surface area (Å²) in [5.74, 6) is 0.300. The van der Waals surface area contributed by atoms with E-state index in [9.17, 15) is 4.79 Å². The number of benzene rings is 2. The molecule has 2 aromatic carbocycles. The molecule has 114 valence electrons. The Kier molecular flexibility index (Phi) is 5.98. The average Bonchev–Trinajstić information content (AvgIpc) is 2.48. The van der Waals surface area contributed by atoms with Crippen molar-refractivity contribution in [3.05, 3.63) is 63.1 Å². The SMILES string of the molecule is Cc1cc(OCC(=O)NN=Cc2cccc(Cl)c2)ccc1Br. The number of carbonyl (C=O) groups excluding carboxylic acids is 1. The molecule has 0 atom stereocenters. The molecule has 0 aromatic heterocycles. The molecular formula is C16H14BrClN2O2. The van der Waals surface area contributed by atoms with Crippen molar-refractivity contribution in [2.45, 2.75) is 6.92 Å². The van der Waals surface area contributed by atoms with E-state index in [1.54, 1.807) is 18.2 Å². The molecule has 2 aromatic rings. The molecule has 0 unspecified atom stereocenters. The first-order valence-electron chi connectivity index (χ1n) is 6.51. The lowest BCUT2D eigenvalue weighted by molar-refractivity contribution is -0.123. The molecule has 2 rings (SSSR count). The first-order chi connectivity index (χ1) is 10.5. The minimum atomic E-state index is -0.334. The smallest absolute Gasteiger partial charge is 0.277 e. The lowest BCUT2D eigenvalue weighted by Gasteiger charge is -2.06. The van der Waals surface area contributed by atoms with Gasteiger partial charge in [0.1, 0.15) is 5.75 Å². The predicted molar refractivity (Wildman–Crippen MR) is 91.6 cm³/mol. The normalized spacial score (nSPS) is 10.7. The van der Waals surface area contributed by atoms with Crippen molar-refractivity contribution in [1.82, 2.24) is 5.43 Å². The Morgan fingerprint density at radius 1 is 1.36 bits per heavy atom. The van der Waals surface area contributed by atoms with Gasteiger partial charge < -0.3 is 4.74 Å². The van der Waals surface area contributed by atoms with Gasteiger partial charge >= 0.3 is 0 Å². The summed E-state index contributed by atoms with van der Waals surface area (Å²) in [6.07, 6.45) is 1.52. The van der Waals surface area contributed by atoms with Crippen LogP contribution < -0.4 is 10.2 Å². The van der Waals surface area contributed by atoms with E-state index in [1.165, 1.54) is 6.21 Å². The van der Waals surface area contributed by atoms with Crippen molar-refractivity contribution >= 4 is 39.7 Å². The van der Waals surface area contributed by atoms with E-state index < -0.39 is 0 Å². The number of amides is 1. The fourth-order valence-electron chi connectivity index (χ4n) is 1.65. The van der Waals surface area contributed by atoms with Crippen LogP contribution in [0.4, 0.5) is 0 Å². The summed E-state index contributed by atoms with van der Waals surface area (Å²) in [6.45, 7) is 1.85. The van der Waals surface area contributed by atoms with E-state index in [-0.39, 0.29) is 12.5 Å². The topological polar surface area (TPSA) is 50.7 Å². The Morgan fingerprint density at radius 3 is 2.91 bits per heavy atom. The van der Waals surface area contributed by atoms with Crippen LogP contribution in [0, 0.1) is 6.92 Å². The fourth-order valence-corrected chi connectivity index (χ4v) is 2.10. The van der Waals surface area contributed by atoms with Gasteiger partial charge in [0, 0.05) is 9.50 Å². The van der Waals surface area contributed by atoms with E-state index >= 15 is 0 Å². The number of hydrogen-bond donors (Lipinski definition) is 1. The second kappa shape index (κ2) is 7.96. The van der Waals surface area contributed by atoms with Crippen LogP contribution >= 0.6 is 27.5 Å². The van der Waals surface area contributed by atoms with Crippen LogP contribution in [0.5, 0.6) is 5.75 Å². The Hall–Kier alpha value is -1.85. The maximum absolute atomic E-state index is 11.6. The first-order valence-corrected chi connectivity index (χ1v) is 7.68. The zero-order valence-corrected chi connectivity index (χ0v) is 14.2. The molecule has 1 N–H and O–H groups in total. The number of ether oxygens (including phenoxy) is 1. The van der Waals surface area contributed by atoms with Crippen LogP contribution in [0.3, 0.4) is 0 Å². The second-order valence-corrected chi connectivity index (χ2v) is 5.84. The number of rotatable bonds is 5. The molecule has 0 spiro atoms.